The summed E-state index contributed by atoms with van der Waals surface area (Å²) in [7, 11) is -3.96. The van der Waals surface area contributed by atoms with Crippen molar-refractivity contribution in [3.05, 3.63) is 78.8 Å². The molecule has 9 nitrogen and oxygen atoms in total. The van der Waals surface area contributed by atoms with Crippen LogP contribution in [0.25, 0.3) is 21.9 Å². The highest BCUT2D eigenvalue weighted by molar-refractivity contribution is 7.90. The first-order chi connectivity index (χ1) is 17.9. The van der Waals surface area contributed by atoms with Crippen molar-refractivity contribution < 1.29 is 13.5 Å². The van der Waals surface area contributed by atoms with E-state index in [1.807, 2.05) is 43.3 Å². The van der Waals surface area contributed by atoms with Crippen LogP contribution in [0, 0.1) is 6.92 Å². The number of aliphatic hydroxyl groups excluding tert-OH is 1. The Morgan fingerprint density at radius 1 is 1.00 bits per heavy atom. The van der Waals surface area contributed by atoms with Crippen molar-refractivity contribution in [1.29, 1.82) is 0 Å². The van der Waals surface area contributed by atoms with Crippen LogP contribution in [0.5, 0.6) is 0 Å². The van der Waals surface area contributed by atoms with Gasteiger partial charge in [-0.1, -0.05) is 12.1 Å². The first-order valence-corrected chi connectivity index (χ1v) is 13.6. The van der Waals surface area contributed by atoms with Gasteiger partial charge in [-0.05, 0) is 67.8 Å². The molecule has 1 saturated heterocycles. The summed E-state index contributed by atoms with van der Waals surface area (Å²) < 4.78 is 28.6. The van der Waals surface area contributed by atoms with Crippen molar-refractivity contribution in [3.63, 3.8) is 0 Å². The van der Waals surface area contributed by atoms with Gasteiger partial charge in [-0.15, -0.1) is 0 Å². The molecule has 0 bridgehead atoms. The Hall–Kier alpha value is -4.02. The van der Waals surface area contributed by atoms with E-state index >= 15 is 0 Å². The van der Waals surface area contributed by atoms with Gasteiger partial charge in [-0.2, -0.15) is 4.98 Å². The van der Waals surface area contributed by atoms with E-state index in [1.54, 1.807) is 30.6 Å². The molecule has 2 aromatic carbocycles. The molecule has 1 fully saturated rings. The number of aromatic nitrogens is 4. The van der Waals surface area contributed by atoms with Gasteiger partial charge in [-0.3, -0.25) is 4.98 Å². The quantitative estimate of drug-likeness (QED) is 0.358. The Kier molecular flexibility index (Phi) is 5.77. The van der Waals surface area contributed by atoms with Crippen LogP contribution >= 0.6 is 0 Å². The van der Waals surface area contributed by atoms with Crippen LogP contribution in [0.3, 0.4) is 0 Å². The molecule has 3 aromatic heterocycles. The van der Waals surface area contributed by atoms with E-state index in [0.717, 1.165) is 48.3 Å². The fourth-order valence-corrected chi connectivity index (χ4v) is 6.22. The van der Waals surface area contributed by atoms with Crippen LogP contribution in [-0.2, 0) is 10.0 Å². The molecule has 188 valence electrons. The van der Waals surface area contributed by atoms with Gasteiger partial charge in [0.1, 0.15) is 4.90 Å². The molecule has 1 aliphatic heterocycles. The number of aryl methyl sites for hydroxylation is 1. The lowest BCUT2D eigenvalue weighted by Gasteiger charge is -2.31. The van der Waals surface area contributed by atoms with Gasteiger partial charge in [0.25, 0.3) is 10.0 Å². The number of fused-ring (bicyclic) bond motifs is 2. The van der Waals surface area contributed by atoms with Crippen LogP contribution < -0.4 is 10.2 Å². The summed E-state index contributed by atoms with van der Waals surface area (Å²) in [4.78, 5) is 15.7. The van der Waals surface area contributed by atoms with Crippen LogP contribution in [0.1, 0.15) is 18.4 Å². The highest BCUT2D eigenvalue weighted by Gasteiger charge is 2.24. The van der Waals surface area contributed by atoms with Crippen molar-refractivity contribution >= 4 is 49.3 Å². The van der Waals surface area contributed by atoms with Crippen molar-refractivity contribution in [2.75, 3.05) is 23.3 Å². The average Bonchev–Trinajstić information content (AvgIpc) is 3.34. The first kappa shape index (κ1) is 23.4. The lowest BCUT2D eigenvalue weighted by molar-refractivity contribution is 0.145. The SMILES string of the molecule is Cc1ccnc2c(S(=O)(=O)n3ccc4cnc(Nc5ccc(N6CCC(O)CC6)cc5)nc43)cccc12. The minimum atomic E-state index is -3.96. The number of rotatable bonds is 5. The van der Waals surface area contributed by atoms with Crippen molar-refractivity contribution in [1.82, 2.24) is 18.9 Å². The molecule has 1 aliphatic rings. The zero-order valence-electron chi connectivity index (χ0n) is 20.2. The van der Waals surface area contributed by atoms with Crippen molar-refractivity contribution in [2.24, 2.45) is 0 Å². The average molecular weight is 515 g/mol. The number of pyridine rings is 1. The topological polar surface area (TPSA) is 113 Å². The Morgan fingerprint density at radius 2 is 1.78 bits per heavy atom. The minimum Gasteiger partial charge on any atom is -0.393 e. The lowest BCUT2D eigenvalue weighted by atomic mass is 10.1. The lowest BCUT2D eigenvalue weighted by Crippen LogP contribution is -2.35. The maximum atomic E-state index is 13.7. The molecule has 6 rings (SSSR count). The zero-order valence-corrected chi connectivity index (χ0v) is 21.1. The second-order valence-electron chi connectivity index (χ2n) is 9.26. The number of piperidine rings is 1. The maximum Gasteiger partial charge on any atom is 0.271 e. The number of hydrogen-bond acceptors (Lipinski definition) is 8. The molecule has 5 aromatic rings. The summed E-state index contributed by atoms with van der Waals surface area (Å²) in [6.45, 7) is 3.58. The predicted molar refractivity (Wildman–Crippen MR) is 144 cm³/mol. The van der Waals surface area contributed by atoms with E-state index in [2.05, 4.69) is 25.2 Å². The number of hydrogen-bond donors (Lipinski definition) is 2. The molecule has 4 heterocycles. The Balaban J connectivity index is 1.31. The normalized spacial score (nSPS) is 14.9. The monoisotopic (exact) mass is 514 g/mol. The second-order valence-corrected chi connectivity index (χ2v) is 11.0. The Morgan fingerprint density at radius 3 is 2.57 bits per heavy atom. The molecule has 0 spiro atoms. The van der Waals surface area contributed by atoms with Crippen LogP contribution in [-0.4, -0.2) is 51.6 Å². The third kappa shape index (κ3) is 4.28. The van der Waals surface area contributed by atoms with E-state index in [9.17, 15) is 13.5 Å². The van der Waals surface area contributed by atoms with Crippen LogP contribution in [0.15, 0.2) is 78.1 Å². The number of nitrogens with one attached hydrogen (secondary N) is 1. The van der Waals surface area contributed by atoms with E-state index in [1.165, 1.54) is 10.2 Å². The van der Waals surface area contributed by atoms with Crippen molar-refractivity contribution in [2.45, 2.75) is 30.8 Å². The number of anilines is 3. The summed E-state index contributed by atoms with van der Waals surface area (Å²) in [5.74, 6) is 0.295. The molecular formula is C27H26N6O3S. The Labute approximate surface area is 214 Å². The van der Waals surface area contributed by atoms with Gasteiger partial charge in [-0.25, -0.2) is 17.4 Å². The van der Waals surface area contributed by atoms with Gasteiger partial charge < -0.3 is 15.3 Å². The number of benzene rings is 2. The summed E-state index contributed by atoms with van der Waals surface area (Å²) >= 11 is 0. The predicted octanol–water partition coefficient (Wildman–Crippen LogP) is 4.23. The maximum absolute atomic E-state index is 13.7. The summed E-state index contributed by atoms with van der Waals surface area (Å²) in [5, 5.41) is 14.3. The molecule has 0 aliphatic carbocycles. The van der Waals surface area contributed by atoms with Gasteiger partial charge in [0, 0.05) is 53.8 Å². The van der Waals surface area contributed by atoms with Crippen LogP contribution in [0.2, 0.25) is 0 Å². The van der Waals surface area contributed by atoms with Gasteiger partial charge in [0.05, 0.1) is 11.6 Å². The van der Waals surface area contributed by atoms with Gasteiger partial charge in [0.15, 0.2) is 5.65 Å². The summed E-state index contributed by atoms with van der Waals surface area (Å²) in [6.07, 6.45) is 6.05. The molecule has 0 amide bonds. The standard InChI is InChI=1S/C27H26N6O3S/c1-18-9-13-28-25-23(18)3-2-4-24(25)37(35,36)33-16-10-19-17-29-27(31-26(19)33)30-20-5-7-21(8-6-20)32-14-11-22(34)12-15-32/h2-10,13,16-17,22,34H,11-12,14-15H2,1H3,(H,29,30,31). The molecule has 0 saturated carbocycles. The molecule has 2 N–H and O–H groups in total. The van der Waals surface area contributed by atoms with Gasteiger partial charge in [0.2, 0.25) is 5.95 Å². The minimum absolute atomic E-state index is 0.125. The highest BCUT2D eigenvalue weighted by Crippen LogP contribution is 2.28. The van der Waals surface area contributed by atoms with Crippen molar-refractivity contribution in [3.8, 4) is 0 Å². The zero-order chi connectivity index (χ0) is 25.6. The first-order valence-electron chi connectivity index (χ1n) is 12.1. The number of aliphatic hydroxyl groups is 1. The van der Waals surface area contributed by atoms with E-state index in [0.29, 0.717) is 16.9 Å². The van der Waals surface area contributed by atoms with Crippen LogP contribution in [0.4, 0.5) is 17.3 Å². The van der Waals surface area contributed by atoms with E-state index < -0.39 is 10.0 Å². The molecule has 0 radical (unpaired) electrons. The van der Waals surface area contributed by atoms with E-state index in [4.69, 9.17) is 0 Å². The summed E-state index contributed by atoms with van der Waals surface area (Å²) in [5.41, 5.74) is 3.55. The smallest absolute Gasteiger partial charge is 0.271 e. The summed E-state index contributed by atoms with van der Waals surface area (Å²) in [6, 6.07) is 16.6. The van der Waals surface area contributed by atoms with E-state index in [-0.39, 0.29) is 16.6 Å². The second kappa shape index (κ2) is 9.13. The number of para-hydroxylation sites is 1. The third-order valence-electron chi connectivity index (χ3n) is 6.84. The molecule has 37 heavy (non-hydrogen) atoms. The Bertz CT molecular complexity index is 1710. The molecule has 10 heteroatoms. The fourth-order valence-electron chi connectivity index (χ4n) is 4.76. The molecule has 0 atom stereocenters. The largest absolute Gasteiger partial charge is 0.393 e. The third-order valence-corrected chi connectivity index (χ3v) is 8.53. The van der Waals surface area contributed by atoms with Gasteiger partial charge >= 0.3 is 0 Å². The fraction of sp³-hybridized carbons (Fsp3) is 0.222. The molecule has 0 unspecified atom stereocenters. The highest BCUT2D eigenvalue weighted by atomic mass is 32.2. The number of nitrogens with zero attached hydrogens (tertiary/aromatic N) is 5. The molecular weight excluding hydrogens is 488 g/mol.